The zero-order valence-corrected chi connectivity index (χ0v) is 11.9. The van der Waals surface area contributed by atoms with Crippen LogP contribution in [0.5, 0.6) is 5.75 Å². The molecule has 7 heteroatoms. The van der Waals surface area contributed by atoms with Crippen molar-refractivity contribution in [3.8, 4) is 5.75 Å². The molecule has 0 radical (unpaired) electrons. The lowest BCUT2D eigenvalue weighted by Crippen LogP contribution is -2.40. The molecule has 0 saturated heterocycles. The van der Waals surface area contributed by atoms with Gasteiger partial charge < -0.3 is 15.0 Å². The summed E-state index contributed by atoms with van der Waals surface area (Å²) in [7, 11) is 2.78. The lowest BCUT2D eigenvalue weighted by Gasteiger charge is -2.10. The van der Waals surface area contributed by atoms with Crippen LogP contribution in [0, 0.1) is 6.92 Å². The summed E-state index contributed by atoms with van der Waals surface area (Å²) in [6.45, 7) is 1.72. The first kappa shape index (κ1) is 14.6. The Morgan fingerprint density at radius 2 is 1.90 bits per heavy atom. The van der Waals surface area contributed by atoms with E-state index in [1.165, 1.54) is 43.1 Å². The fraction of sp³-hybridized carbons (Fsp3) is 0.214. The van der Waals surface area contributed by atoms with Gasteiger partial charge in [0, 0.05) is 26.0 Å². The lowest BCUT2D eigenvalue weighted by atomic mass is 10.2. The Hall–Kier alpha value is -2.83. The fourth-order valence-electron chi connectivity index (χ4n) is 1.94. The van der Waals surface area contributed by atoms with Gasteiger partial charge in [0.2, 0.25) is 0 Å². The first-order chi connectivity index (χ1) is 9.81. The van der Waals surface area contributed by atoms with E-state index in [2.05, 4.69) is 5.32 Å². The fourth-order valence-corrected chi connectivity index (χ4v) is 1.94. The van der Waals surface area contributed by atoms with Crippen LogP contribution in [0.1, 0.15) is 15.9 Å². The van der Waals surface area contributed by atoms with Crippen molar-refractivity contribution in [3.63, 3.8) is 0 Å². The molecule has 0 spiro atoms. The number of hydrogen-bond acceptors (Lipinski definition) is 4. The predicted octanol–water partition coefficient (Wildman–Crippen LogP) is 0.350. The third-order valence-corrected chi connectivity index (χ3v) is 3.15. The molecule has 110 valence electrons. The van der Waals surface area contributed by atoms with Crippen LogP contribution in [0.3, 0.4) is 0 Å². The van der Waals surface area contributed by atoms with Crippen LogP contribution in [0.2, 0.25) is 0 Å². The molecular weight excluding hydrogens is 274 g/mol. The number of nitrogens with one attached hydrogen (secondary N) is 1. The van der Waals surface area contributed by atoms with E-state index in [1.807, 2.05) is 0 Å². The number of amides is 1. The SMILES string of the molecule is Cc1cc(O)ccc1NC(=O)c1cn(C)c(=O)n(C)c1=O. The van der Waals surface area contributed by atoms with E-state index in [9.17, 15) is 19.5 Å². The Labute approximate surface area is 120 Å². The van der Waals surface area contributed by atoms with Crippen molar-refractivity contribution in [2.45, 2.75) is 6.92 Å². The molecule has 7 nitrogen and oxygen atoms in total. The molecule has 0 saturated carbocycles. The number of anilines is 1. The summed E-state index contributed by atoms with van der Waals surface area (Å²) in [6.07, 6.45) is 1.20. The Morgan fingerprint density at radius 1 is 1.24 bits per heavy atom. The second-order valence-corrected chi connectivity index (χ2v) is 4.75. The maximum absolute atomic E-state index is 12.2. The number of aromatic hydroxyl groups is 1. The molecule has 0 aliphatic heterocycles. The molecule has 0 bridgehead atoms. The number of phenolic OH excluding ortho intramolecular Hbond substituents is 1. The number of nitrogens with zero attached hydrogens (tertiary/aromatic N) is 2. The van der Waals surface area contributed by atoms with E-state index in [0.717, 1.165) is 4.57 Å². The molecule has 1 heterocycles. The lowest BCUT2D eigenvalue weighted by molar-refractivity contribution is 0.102. The largest absolute Gasteiger partial charge is 0.508 e. The zero-order valence-electron chi connectivity index (χ0n) is 11.9. The third-order valence-electron chi connectivity index (χ3n) is 3.15. The number of aromatic nitrogens is 2. The van der Waals surface area contributed by atoms with E-state index in [-0.39, 0.29) is 11.3 Å². The highest BCUT2D eigenvalue weighted by molar-refractivity contribution is 6.04. The van der Waals surface area contributed by atoms with Crippen molar-refractivity contribution in [1.29, 1.82) is 0 Å². The van der Waals surface area contributed by atoms with Gasteiger partial charge in [0.1, 0.15) is 11.3 Å². The summed E-state index contributed by atoms with van der Waals surface area (Å²) in [5.74, 6) is -0.525. The van der Waals surface area contributed by atoms with Crippen LogP contribution in [-0.2, 0) is 14.1 Å². The van der Waals surface area contributed by atoms with Crippen LogP contribution in [0.15, 0.2) is 34.0 Å². The van der Waals surface area contributed by atoms with E-state index in [4.69, 9.17) is 0 Å². The van der Waals surface area contributed by atoms with E-state index < -0.39 is 17.2 Å². The normalized spacial score (nSPS) is 10.4. The van der Waals surface area contributed by atoms with Crippen LogP contribution in [-0.4, -0.2) is 20.1 Å². The van der Waals surface area contributed by atoms with E-state index in [0.29, 0.717) is 11.3 Å². The van der Waals surface area contributed by atoms with Gasteiger partial charge in [0.05, 0.1) is 0 Å². The first-order valence-corrected chi connectivity index (χ1v) is 6.19. The highest BCUT2D eigenvalue weighted by atomic mass is 16.3. The smallest absolute Gasteiger partial charge is 0.330 e. The summed E-state index contributed by atoms with van der Waals surface area (Å²) >= 11 is 0. The molecule has 1 aromatic heterocycles. The number of phenols is 1. The minimum Gasteiger partial charge on any atom is -0.508 e. The Balaban J connectivity index is 2.42. The second-order valence-electron chi connectivity index (χ2n) is 4.75. The topological polar surface area (TPSA) is 93.3 Å². The number of rotatable bonds is 2. The maximum atomic E-state index is 12.2. The molecule has 21 heavy (non-hydrogen) atoms. The molecular formula is C14H15N3O4. The van der Waals surface area contributed by atoms with Gasteiger partial charge in [0.25, 0.3) is 11.5 Å². The molecule has 0 aliphatic rings. The number of hydrogen-bond donors (Lipinski definition) is 2. The minimum absolute atomic E-state index is 0.0866. The van der Waals surface area contributed by atoms with Gasteiger partial charge in [-0.3, -0.25) is 14.2 Å². The van der Waals surface area contributed by atoms with Crippen LogP contribution < -0.4 is 16.6 Å². The van der Waals surface area contributed by atoms with Gasteiger partial charge in [0.15, 0.2) is 0 Å². The van der Waals surface area contributed by atoms with Gasteiger partial charge in [-0.05, 0) is 30.7 Å². The predicted molar refractivity (Wildman–Crippen MR) is 77.7 cm³/mol. The summed E-state index contributed by atoms with van der Waals surface area (Å²) in [6, 6.07) is 4.46. The number of aryl methyl sites for hydroxylation is 2. The highest BCUT2D eigenvalue weighted by Gasteiger charge is 2.15. The summed E-state index contributed by atoms with van der Waals surface area (Å²) in [5, 5.41) is 11.9. The van der Waals surface area contributed by atoms with E-state index in [1.54, 1.807) is 6.92 Å². The number of carbonyl (C=O) groups is 1. The standard InChI is InChI=1S/C14H15N3O4/c1-8-6-9(18)4-5-11(8)15-12(19)10-7-16(2)14(21)17(3)13(10)20/h4-7,18H,1-3H3,(H,15,19). The zero-order chi connectivity index (χ0) is 15.7. The maximum Gasteiger partial charge on any atom is 0.330 e. The van der Waals surface area contributed by atoms with Crippen molar-refractivity contribution in [1.82, 2.24) is 9.13 Å². The second kappa shape index (κ2) is 5.28. The third kappa shape index (κ3) is 2.71. The molecule has 1 aromatic carbocycles. The molecule has 0 aliphatic carbocycles. The minimum atomic E-state index is -0.660. The molecule has 1 amide bonds. The van der Waals surface area contributed by atoms with Crippen molar-refractivity contribution in [2.75, 3.05) is 5.32 Å². The van der Waals surface area contributed by atoms with Crippen molar-refractivity contribution < 1.29 is 9.90 Å². The van der Waals surface area contributed by atoms with Crippen LogP contribution in [0.4, 0.5) is 5.69 Å². The summed E-state index contributed by atoms with van der Waals surface area (Å²) in [4.78, 5) is 35.7. The van der Waals surface area contributed by atoms with Crippen LogP contribution >= 0.6 is 0 Å². The van der Waals surface area contributed by atoms with Gasteiger partial charge in [-0.2, -0.15) is 0 Å². The summed E-state index contributed by atoms with van der Waals surface area (Å²) < 4.78 is 2.04. The van der Waals surface area contributed by atoms with Gasteiger partial charge in [-0.1, -0.05) is 0 Å². The molecule has 0 fully saturated rings. The molecule has 0 unspecified atom stereocenters. The van der Waals surface area contributed by atoms with Crippen molar-refractivity contribution in [3.05, 3.63) is 56.4 Å². The van der Waals surface area contributed by atoms with Crippen molar-refractivity contribution in [2.24, 2.45) is 14.1 Å². The summed E-state index contributed by atoms with van der Waals surface area (Å²) in [5.41, 5.74) is -0.157. The Bertz CT molecular complexity index is 833. The monoisotopic (exact) mass is 289 g/mol. The number of benzene rings is 1. The quantitative estimate of drug-likeness (QED) is 0.780. The first-order valence-electron chi connectivity index (χ1n) is 6.19. The molecule has 2 rings (SSSR count). The molecule has 0 atom stereocenters. The average molecular weight is 289 g/mol. The van der Waals surface area contributed by atoms with E-state index >= 15 is 0 Å². The van der Waals surface area contributed by atoms with Gasteiger partial charge in [-0.15, -0.1) is 0 Å². The van der Waals surface area contributed by atoms with Crippen molar-refractivity contribution >= 4 is 11.6 Å². The molecule has 2 N–H and O–H groups in total. The number of carbonyl (C=O) groups excluding carboxylic acids is 1. The molecule has 2 aromatic rings. The van der Waals surface area contributed by atoms with Gasteiger partial charge in [-0.25, -0.2) is 4.79 Å². The highest BCUT2D eigenvalue weighted by Crippen LogP contribution is 2.20. The van der Waals surface area contributed by atoms with Crippen LogP contribution in [0.25, 0.3) is 0 Å². The Morgan fingerprint density at radius 3 is 2.52 bits per heavy atom. The Kier molecular flexibility index (Phi) is 3.66. The average Bonchev–Trinajstić information content (AvgIpc) is 2.43. The van der Waals surface area contributed by atoms with Gasteiger partial charge >= 0.3 is 5.69 Å².